The second kappa shape index (κ2) is 5.13. The number of ketones is 1. The topological polar surface area (TPSA) is 71.2 Å². The first-order chi connectivity index (χ1) is 9.65. The largest absolute Gasteiger partial charge is 0.490 e. The van der Waals surface area contributed by atoms with Crippen molar-refractivity contribution < 1.29 is 14.3 Å². The summed E-state index contributed by atoms with van der Waals surface area (Å²) in [5.74, 6) is 0.0912. The smallest absolute Gasteiger partial charge is 0.268 e. The van der Waals surface area contributed by atoms with Crippen molar-refractivity contribution >= 4 is 27.6 Å². The number of halogens is 1. The molecule has 1 aliphatic heterocycles. The van der Waals surface area contributed by atoms with E-state index < -0.39 is 6.04 Å². The number of carbonyl (C=O) groups is 2. The van der Waals surface area contributed by atoms with Crippen molar-refractivity contribution in [2.75, 3.05) is 6.61 Å². The van der Waals surface area contributed by atoms with Gasteiger partial charge in [-0.15, -0.1) is 0 Å². The maximum absolute atomic E-state index is 12.3. The highest BCUT2D eigenvalue weighted by molar-refractivity contribution is 9.10. The number of nitrogens with one attached hydrogen (secondary N) is 2. The number of hydrogen-bond acceptors (Lipinski definition) is 3. The molecule has 102 valence electrons. The van der Waals surface area contributed by atoms with Crippen LogP contribution in [0.4, 0.5) is 0 Å². The van der Waals surface area contributed by atoms with Crippen LogP contribution >= 0.6 is 15.9 Å². The Kier molecular flexibility index (Phi) is 3.31. The highest BCUT2D eigenvalue weighted by atomic mass is 79.9. The molecular weight excluding hydrogens is 324 g/mol. The molecule has 1 atom stereocenters. The van der Waals surface area contributed by atoms with Gasteiger partial charge in [-0.3, -0.25) is 9.59 Å². The molecule has 1 aromatic carbocycles. The Morgan fingerprint density at radius 3 is 2.95 bits per heavy atom. The molecule has 0 spiro atoms. The highest BCUT2D eigenvalue weighted by Gasteiger charge is 2.30. The summed E-state index contributed by atoms with van der Waals surface area (Å²) in [5.41, 5.74) is 0.889. The fraction of sp³-hybridized carbons (Fsp3) is 0.143. The van der Waals surface area contributed by atoms with Crippen LogP contribution in [0, 0.1) is 0 Å². The van der Waals surface area contributed by atoms with E-state index in [2.05, 4.69) is 26.2 Å². The lowest BCUT2D eigenvalue weighted by Crippen LogP contribution is -2.47. The van der Waals surface area contributed by atoms with Gasteiger partial charge in [0.15, 0.2) is 5.78 Å². The van der Waals surface area contributed by atoms with Gasteiger partial charge in [0.05, 0.1) is 5.56 Å². The quantitative estimate of drug-likeness (QED) is 0.883. The van der Waals surface area contributed by atoms with Crippen molar-refractivity contribution in [3.63, 3.8) is 0 Å². The summed E-state index contributed by atoms with van der Waals surface area (Å²) in [6.07, 6.45) is 1.66. The molecule has 0 unspecified atom stereocenters. The Labute approximate surface area is 123 Å². The van der Waals surface area contributed by atoms with Gasteiger partial charge in [0.25, 0.3) is 5.91 Å². The number of Topliss-reactive ketones (excluding diaryl/α,β-unsaturated/α-hetero) is 1. The minimum Gasteiger partial charge on any atom is -0.490 e. The SMILES string of the molecule is O=C(N[C@H]1COc2ccccc2C1=O)c1cc(Br)c[nH]1. The summed E-state index contributed by atoms with van der Waals surface area (Å²) >= 11 is 3.26. The first-order valence-electron chi connectivity index (χ1n) is 6.06. The maximum Gasteiger partial charge on any atom is 0.268 e. The molecule has 2 heterocycles. The average Bonchev–Trinajstić information content (AvgIpc) is 2.89. The third-order valence-corrected chi connectivity index (χ3v) is 3.53. The minimum absolute atomic E-state index is 0.133. The van der Waals surface area contributed by atoms with Crippen molar-refractivity contribution in [1.82, 2.24) is 10.3 Å². The molecule has 1 amide bonds. The zero-order valence-corrected chi connectivity index (χ0v) is 11.9. The van der Waals surface area contributed by atoms with E-state index >= 15 is 0 Å². The Hall–Kier alpha value is -2.08. The number of aromatic nitrogens is 1. The molecule has 1 aliphatic rings. The third kappa shape index (κ3) is 2.34. The Morgan fingerprint density at radius 2 is 2.20 bits per heavy atom. The van der Waals surface area contributed by atoms with Gasteiger partial charge < -0.3 is 15.0 Å². The maximum atomic E-state index is 12.3. The molecule has 0 saturated carbocycles. The summed E-state index contributed by atoms with van der Waals surface area (Å²) in [6, 6.07) is 8.00. The minimum atomic E-state index is -0.667. The van der Waals surface area contributed by atoms with Gasteiger partial charge in [0.1, 0.15) is 24.1 Å². The van der Waals surface area contributed by atoms with Crippen LogP contribution in [0.25, 0.3) is 0 Å². The van der Waals surface area contributed by atoms with Gasteiger partial charge in [-0.2, -0.15) is 0 Å². The van der Waals surface area contributed by atoms with Crippen molar-refractivity contribution in [2.45, 2.75) is 6.04 Å². The lowest BCUT2D eigenvalue weighted by molar-refractivity contribution is 0.0793. The van der Waals surface area contributed by atoms with Gasteiger partial charge in [-0.25, -0.2) is 0 Å². The number of fused-ring (bicyclic) bond motifs is 1. The molecule has 2 N–H and O–H groups in total. The van der Waals surface area contributed by atoms with E-state index in [1.54, 1.807) is 30.5 Å². The molecule has 2 aromatic rings. The second-order valence-corrected chi connectivity index (χ2v) is 5.34. The molecule has 0 radical (unpaired) electrons. The van der Waals surface area contributed by atoms with E-state index in [-0.39, 0.29) is 18.3 Å². The number of aromatic amines is 1. The van der Waals surface area contributed by atoms with Crippen LogP contribution in [-0.2, 0) is 0 Å². The van der Waals surface area contributed by atoms with Gasteiger partial charge in [-0.1, -0.05) is 12.1 Å². The normalized spacial score (nSPS) is 17.2. The Bertz CT molecular complexity index is 681. The molecule has 20 heavy (non-hydrogen) atoms. The van der Waals surface area contributed by atoms with Crippen molar-refractivity contribution in [2.24, 2.45) is 0 Å². The number of hydrogen-bond donors (Lipinski definition) is 2. The molecule has 0 fully saturated rings. The Balaban J connectivity index is 1.77. The monoisotopic (exact) mass is 334 g/mol. The van der Waals surface area contributed by atoms with Gasteiger partial charge in [-0.05, 0) is 34.1 Å². The molecule has 0 saturated heterocycles. The number of H-pyrrole nitrogens is 1. The second-order valence-electron chi connectivity index (χ2n) is 4.43. The van der Waals surface area contributed by atoms with Crippen LogP contribution in [0.5, 0.6) is 5.75 Å². The Morgan fingerprint density at radius 1 is 1.40 bits per heavy atom. The van der Waals surface area contributed by atoms with E-state index in [0.29, 0.717) is 17.0 Å². The molecule has 5 nitrogen and oxygen atoms in total. The summed E-state index contributed by atoms with van der Waals surface area (Å²) in [6.45, 7) is 0.142. The molecule has 0 bridgehead atoms. The first-order valence-corrected chi connectivity index (χ1v) is 6.85. The van der Waals surface area contributed by atoms with E-state index in [4.69, 9.17) is 4.74 Å². The summed E-state index contributed by atoms with van der Waals surface area (Å²) in [7, 11) is 0. The lowest BCUT2D eigenvalue weighted by Gasteiger charge is -2.24. The van der Waals surface area contributed by atoms with Crippen LogP contribution in [0.1, 0.15) is 20.8 Å². The van der Waals surface area contributed by atoms with Crippen LogP contribution in [0.2, 0.25) is 0 Å². The lowest BCUT2D eigenvalue weighted by atomic mass is 10.0. The first kappa shape index (κ1) is 12.9. The number of rotatable bonds is 2. The van der Waals surface area contributed by atoms with Crippen molar-refractivity contribution in [1.29, 1.82) is 0 Å². The molecule has 0 aliphatic carbocycles. The average molecular weight is 335 g/mol. The van der Waals surface area contributed by atoms with Crippen LogP contribution in [0.3, 0.4) is 0 Å². The predicted octanol–water partition coefficient (Wildman–Crippen LogP) is 2.15. The third-order valence-electron chi connectivity index (χ3n) is 3.07. The van der Waals surface area contributed by atoms with Gasteiger partial charge in [0.2, 0.25) is 0 Å². The highest BCUT2D eigenvalue weighted by Crippen LogP contribution is 2.24. The van der Waals surface area contributed by atoms with E-state index in [0.717, 1.165) is 4.47 Å². The summed E-state index contributed by atoms with van der Waals surface area (Å²) in [5, 5.41) is 2.67. The van der Waals surface area contributed by atoms with Crippen molar-refractivity contribution in [3.8, 4) is 5.75 Å². The number of para-hydroxylation sites is 1. The summed E-state index contributed by atoms with van der Waals surface area (Å²) < 4.78 is 6.27. The fourth-order valence-corrected chi connectivity index (χ4v) is 2.42. The number of amides is 1. The number of benzene rings is 1. The van der Waals surface area contributed by atoms with Gasteiger partial charge >= 0.3 is 0 Å². The van der Waals surface area contributed by atoms with Crippen molar-refractivity contribution in [3.05, 3.63) is 52.3 Å². The van der Waals surface area contributed by atoms with E-state index in [1.807, 2.05) is 6.07 Å². The van der Waals surface area contributed by atoms with Gasteiger partial charge in [0, 0.05) is 10.7 Å². The summed E-state index contributed by atoms with van der Waals surface area (Å²) in [4.78, 5) is 27.1. The zero-order valence-electron chi connectivity index (χ0n) is 10.4. The van der Waals surface area contributed by atoms with Crippen LogP contribution < -0.4 is 10.1 Å². The zero-order chi connectivity index (χ0) is 14.1. The standard InChI is InChI=1S/C14H11BrN2O3/c15-8-5-10(16-6-8)14(19)17-11-7-20-12-4-2-1-3-9(12)13(11)18/h1-6,11,16H,7H2,(H,17,19)/t11-/m0/s1. The molecular formula is C14H11BrN2O3. The van der Waals surface area contributed by atoms with E-state index in [1.165, 1.54) is 0 Å². The predicted molar refractivity (Wildman–Crippen MR) is 76.0 cm³/mol. The fourth-order valence-electron chi connectivity index (χ4n) is 2.07. The molecule has 1 aromatic heterocycles. The molecule has 3 rings (SSSR count). The number of carbonyl (C=O) groups excluding carboxylic acids is 2. The van der Waals surface area contributed by atoms with Crippen LogP contribution in [0.15, 0.2) is 41.0 Å². The molecule has 6 heteroatoms. The number of ether oxygens (including phenoxy) is 1. The van der Waals surface area contributed by atoms with E-state index in [9.17, 15) is 9.59 Å². The van der Waals surface area contributed by atoms with Crippen LogP contribution in [-0.4, -0.2) is 29.3 Å².